The fourth-order valence-electron chi connectivity index (χ4n) is 1.02. The van der Waals surface area contributed by atoms with Crippen LogP contribution in [0.15, 0.2) is 30.3 Å². The van der Waals surface area contributed by atoms with Crippen molar-refractivity contribution in [3.8, 4) is 0 Å². The van der Waals surface area contributed by atoms with E-state index in [-0.39, 0.29) is 13.2 Å². The second-order valence-electron chi connectivity index (χ2n) is 3.01. The molecule has 0 aliphatic rings. The lowest BCUT2D eigenvalue weighted by atomic mass is 10.2. The first-order chi connectivity index (χ1) is 7.56. The molecule has 0 bridgehead atoms. The lowest BCUT2D eigenvalue weighted by Crippen LogP contribution is -2.33. The zero-order valence-electron chi connectivity index (χ0n) is 8.78. The lowest BCUT2D eigenvalue weighted by molar-refractivity contribution is -0.254. The van der Waals surface area contributed by atoms with Crippen molar-refractivity contribution in [1.82, 2.24) is 0 Å². The number of halogens is 2. The van der Waals surface area contributed by atoms with Crippen molar-refractivity contribution in [2.24, 2.45) is 0 Å². The highest BCUT2D eigenvalue weighted by Crippen LogP contribution is 2.19. The molecule has 3 nitrogen and oxygen atoms in total. The molecule has 0 heterocycles. The molecule has 1 aromatic rings. The lowest BCUT2D eigenvalue weighted by Gasteiger charge is -2.14. The molecule has 0 spiro atoms. The van der Waals surface area contributed by atoms with Gasteiger partial charge >= 0.3 is 12.1 Å². The Bertz CT molecular complexity index is 338. The first kappa shape index (κ1) is 12.6. The van der Waals surface area contributed by atoms with E-state index in [4.69, 9.17) is 0 Å². The highest BCUT2D eigenvalue weighted by molar-refractivity contribution is 5.75. The average molecular weight is 230 g/mol. The van der Waals surface area contributed by atoms with Gasteiger partial charge in [-0.15, -0.1) is 0 Å². The van der Waals surface area contributed by atoms with Crippen LogP contribution in [0, 0.1) is 0 Å². The maximum atomic E-state index is 13.0. The van der Waals surface area contributed by atoms with Gasteiger partial charge in [0.1, 0.15) is 0 Å². The SMILES string of the molecule is CCOC(=O)C(F)(F)OCc1ccccc1. The van der Waals surface area contributed by atoms with Crippen LogP contribution in [0.25, 0.3) is 0 Å². The molecule has 0 atom stereocenters. The van der Waals surface area contributed by atoms with Gasteiger partial charge in [-0.2, -0.15) is 8.78 Å². The van der Waals surface area contributed by atoms with Gasteiger partial charge in [0.25, 0.3) is 0 Å². The molecule has 0 amide bonds. The van der Waals surface area contributed by atoms with Crippen molar-refractivity contribution >= 4 is 5.97 Å². The summed E-state index contributed by atoms with van der Waals surface area (Å²) in [7, 11) is 0. The van der Waals surface area contributed by atoms with E-state index in [2.05, 4.69) is 9.47 Å². The molecule has 0 N–H and O–H groups in total. The molecule has 0 saturated heterocycles. The van der Waals surface area contributed by atoms with Crippen molar-refractivity contribution in [3.05, 3.63) is 35.9 Å². The van der Waals surface area contributed by atoms with Gasteiger partial charge in [0.2, 0.25) is 0 Å². The summed E-state index contributed by atoms with van der Waals surface area (Å²) in [4.78, 5) is 10.8. The summed E-state index contributed by atoms with van der Waals surface area (Å²) in [5, 5.41) is 0. The number of ether oxygens (including phenoxy) is 2. The number of hydrogen-bond donors (Lipinski definition) is 0. The molecule has 88 valence electrons. The van der Waals surface area contributed by atoms with Crippen LogP contribution in [0.5, 0.6) is 0 Å². The number of rotatable bonds is 5. The quantitative estimate of drug-likeness (QED) is 0.728. The fourth-order valence-corrected chi connectivity index (χ4v) is 1.02. The average Bonchev–Trinajstić information content (AvgIpc) is 2.28. The summed E-state index contributed by atoms with van der Waals surface area (Å²) in [5.74, 6) is -1.66. The molecule has 5 heteroatoms. The van der Waals surface area contributed by atoms with Crippen molar-refractivity contribution in [2.75, 3.05) is 6.61 Å². The van der Waals surface area contributed by atoms with Gasteiger partial charge in [0.15, 0.2) is 0 Å². The van der Waals surface area contributed by atoms with Gasteiger partial charge in [-0.3, -0.25) is 0 Å². The minimum absolute atomic E-state index is 0.108. The molecular weight excluding hydrogens is 218 g/mol. The van der Waals surface area contributed by atoms with Crippen molar-refractivity contribution in [2.45, 2.75) is 19.6 Å². The predicted molar refractivity (Wildman–Crippen MR) is 52.8 cm³/mol. The van der Waals surface area contributed by atoms with Gasteiger partial charge in [-0.05, 0) is 12.5 Å². The zero-order chi connectivity index (χ0) is 12.0. The third kappa shape index (κ3) is 3.58. The molecule has 1 rings (SSSR count). The molecule has 1 aromatic carbocycles. The van der Waals surface area contributed by atoms with Crippen LogP contribution in [0.3, 0.4) is 0 Å². The molecule has 0 radical (unpaired) electrons. The fraction of sp³-hybridized carbons (Fsp3) is 0.364. The molecule has 0 fully saturated rings. The highest BCUT2D eigenvalue weighted by atomic mass is 19.3. The Morgan fingerprint density at radius 2 is 1.94 bits per heavy atom. The molecule has 0 saturated carbocycles. The van der Waals surface area contributed by atoms with Crippen LogP contribution in [0.1, 0.15) is 12.5 Å². The van der Waals surface area contributed by atoms with Gasteiger partial charge < -0.3 is 9.47 Å². The summed E-state index contributed by atoms with van der Waals surface area (Å²) < 4.78 is 34.4. The maximum Gasteiger partial charge on any atom is 0.456 e. The number of benzene rings is 1. The third-order valence-corrected chi connectivity index (χ3v) is 1.78. The molecule has 16 heavy (non-hydrogen) atoms. The Kier molecular flexibility index (Phi) is 4.37. The topological polar surface area (TPSA) is 35.5 Å². The Hall–Kier alpha value is -1.49. The zero-order valence-corrected chi connectivity index (χ0v) is 8.78. The van der Waals surface area contributed by atoms with Crippen LogP contribution in [-0.2, 0) is 20.9 Å². The minimum Gasteiger partial charge on any atom is -0.460 e. The Morgan fingerprint density at radius 1 is 1.31 bits per heavy atom. The summed E-state index contributed by atoms with van der Waals surface area (Å²) >= 11 is 0. The van der Waals surface area contributed by atoms with Crippen LogP contribution in [0.2, 0.25) is 0 Å². The Morgan fingerprint density at radius 3 is 2.50 bits per heavy atom. The van der Waals surface area contributed by atoms with E-state index in [1.807, 2.05) is 0 Å². The van der Waals surface area contributed by atoms with E-state index in [1.165, 1.54) is 6.92 Å². The summed E-state index contributed by atoms with van der Waals surface area (Å²) in [6.07, 6.45) is -3.90. The van der Waals surface area contributed by atoms with E-state index in [0.29, 0.717) is 5.56 Å². The van der Waals surface area contributed by atoms with E-state index in [0.717, 1.165) is 0 Å². The van der Waals surface area contributed by atoms with Gasteiger partial charge in [0, 0.05) is 0 Å². The first-order valence-electron chi connectivity index (χ1n) is 4.79. The second kappa shape index (κ2) is 5.55. The summed E-state index contributed by atoms with van der Waals surface area (Å²) in [6.45, 7) is 1.00. The monoisotopic (exact) mass is 230 g/mol. The van der Waals surface area contributed by atoms with E-state index < -0.39 is 12.1 Å². The number of carbonyl (C=O) groups excluding carboxylic acids is 1. The van der Waals surface area contributed by atoms with E-state index in [1.54, 1.807) is 30.3 Å². The highest BCUT2D eigenvalue weighted by Gasteiger charge is 2.42. The number of hydrogen-bond acceptors (Lipinski definition) is 3. The standard InChI is InChI=1S/C11H12F2O3/c1-2-15-10(14)11(12,13)16-8-9-6-4-3-5-7-9/h3-7H,2,8H2,1H3. The normalized spacial score (nSPS) is 11.2. The Balaban J connectivity index is 2.51. The van der Waals surface area contributed by atoms with Crippen LogP contribution in [0.4, 0.5) is 8.78 Å². The largest absolute Gasteiger partial charge is 0.460 e. The molecule has 0 aliphatic heterocycles. The number of carbonyl (C=O) groups is 1. The molecular formula is C11H12F2O3. The minimum atomic E-state index is -3.90. The maximum absolute atomic E-state index is 13.0. The van der Waals surface area contributed by atoms with E-state index >= 15 is 0 Å². The first-order valence-corrected chi connectivity index (χ1v) is 4.79. The van der Waals surface area contributed by atoms with Crippen LogP contribution in [-0.4, -0.2) is 18.7 Å². The summed E-state index contributed by atoms with van der Waals surface area (Å²) in [6, 6.07) is 8.40. The third-order valence-electron chi connectivity index (χ3n) is 1.78. The van der Waals surface area contributed by atoms with Crippen molar-refractivity contribution in [1.29, 1.82) is 0 Å². The van der Waals surface area contributed by atoms with Gasteiger partial charge in [-0.1, -0.05) is 30.3 Å². The summed E-state index contributed by atoms with van der Waals surface area (Å²) in [5.41, 5.74) is 0.562. The predicted octanol–water partition coefficient (Wildman–Crippen LogP) is 2.36. The van der Waals surface area contributed by atoms with Gasteiger partial charge in [0.05, 0.1) is 13.2 Å². The number of alkyl halides is 2. The van der Waals surface area contributed by atoms with Crippen molar-refractivity contribution in [3.63, 3.8) is 0 Å². The van der Waals surface area contributed by atoms with Crippen molar-refractivity contribution < 1.29 is 23.0 Å². The van der Waals surface area contributed by atoms with Crippen LogP contribution < -0.4 is 0 Å². The Labute approximate surface area is 92.0 Å². The number of esters is 1. The second-order valence-corrected chi connectivity index (χ2v) is 3.01. The van der Waals surface area contributed by atoms with Gasteiger partial charge in [-0.25, -0.2) is 4.79 Å². The molecule has 0 aromatic heterocycles. The smallest absolute Gasteiger partial charge is 0.456 e. The molecule has 0 unspecified atom stereocenters. The van der Waals surface area contributed by atoms with E-state index in [9.17, 15) is 13.6 Å². The van der Waals surface area contributed by atoms with Crippen LogP contribution >= 0.6 is 0 Å². The molecule has 0 aliphatic carbocycles.